The van der Waals surface area contributed by atoms with Crippen molar-refractivity contribution >= 4 is 22.4 Å². The molecule has 0 aliphatic heterocycles. The molecule has 2 rings (SSSR count). The van der Waals surface area contributed by atoms with Gasteiger partial charge in [-0.25, -0.2) is 9.37 Å². The minimum atomic E-state index is -4.54. The van der Waals surface area contributed by atoms with Crippen molar-refractivity contribution in [2.75, 3.05) is 5.32 Å². The Morgan fingerprint density at radius 1 is 1.35 bits per heavy atom. The Kier molecular flexibility index (Phi) is 4.03. The number of hydrogen-bond acceptors (Lipinski definition) is 3. The van der Waals surface area contributed by atoms with E-state index < -0.39 is 23.6 Å². The van der Waals surface area contributed by atoms with E-state index in [0.29, 0.717) is 16.9 Å². The van der Waals surface area contributed by atoms with E-state index in [2.05, 4.69) is 10.3 Å². The van der Waals surface area contributed by atoms with Gasteiger partial charge in [0.05, 0.1) is 6.42 Å². The zero-order valence-electron chi connectivity index (χ0n) is 9.87. The van der Waals surface area contributed by atoms with Crippen molar-refractivity contribution < 1.29 is 22.4 Å². The summed E-state index contributed by atoms with van der Waals surface area (Å²) in [5, 5.41) is 2.93. The van der Waals surface area contributed by atoms with E-state index in [-0.39, 0.29) is 11.6 Å². The van der Waals surface area contributed by atoms with Gasteiger partial charge < -0.3 is 5.32 Å². The standard InChI is InChI=1S/C12H8F4N2OS/c13-8-3-1-2-7(4-8)5-10(19)18-11-17-9(6-20-11)12(14,15)16/h1-4,6H,5H2,(H,17,18,19). The highest BCUT2D eigenvalue weighted by atomic mass is 32.1. The molecule has 0 saturated carbocycles. The Labute approximate surface area is 115 Å². The summed E-state index contributed by atoms with van der Waals surface area (Å²) >= 11 is 0.681. The van der Waals surface area contributed by atoms with Crippen LogP contribution in [-0.2, 0) is 17.4 Å². The number of alkyl halides is 3. The van der Waals surface area contributed by atoms with E-state index >= 15 is 0 Å². The number of thiazole rings is 1. The van der Waals surface area contributed by atoms with Crippen molar-refractivity contribution in [3.8, 4) is 0 Å². The molecular formula is C12H8F4N2OS. The van der Waals surface area contributed by atoms with Crippen molar-refractivity contribution in [1.29, 1.82) is 0 Å². The average molecular weight is 304 g/mol. The first kappa shape index (κ1) is 14.4. The number of anilines is 1. The van der Waals surface area contributed by atoms with Crippen LogP contribution in [0, 0.1) is 5.82 Å². The van der Waals surface area contributed by atoms with Crippen LogP contribution >= 0.6 is 11.3 Å². The topological polar surface area (TPSA) is 42.0 Å². The summed E-state index contributed by atoms with van der Waals surface area (Å²) in [5.41, 5.74) is -0.626. The van der Waals surface area contributed by atoms with E-state index in [1.807, 2.05) is 0 Å². The van der Waals surface area contributed by atoms with Gasteiger partial charge in [0.15, 0.2) is 10.8 Å². The Hall–Kier alpha value is -1.96. The van der Waals surface area contributed by atoms with Gasteiger partial charge in [0, 0.05) is 5.38 Å². The Bertz CT molecular complexity index is 624. The number of nitrogens with zero attached hydrogens (tertiary/aromatic N) is 1. The number of benzene rings is 1. The third-order valence-electron chi connectivity index (χ3n) is 2.29. The molecule has 1 heterocycles. The average Bonchev–Trinajstić information content (AvgIpc) is 2.76. The second-order valence-corrected chi connectivity index (χ2v) is 4.75. The minimum Gasteiger partial charge on any atom is -0.302 e. The van der Waals surface area contributed by atoms with Crippen molar-refractivity contribution in [3.63, 3.8) is 0 Å². The van der Waals surface area contributed by atoms with E-state index in [1.54, 1.807) is 6.07 Å². The normalized spacial score (nSPS) is 11.4. The fourth-order valence-electron chi connectivity index (χ4n) is 1.46. The van der Waals surface area contributed by atoms with E-state index in [4.69, 9.17) is 0 Å². The van der Waals surface area contributed by atoms with Gasteiger partial charge in [0.2, 0.25) is 5.91 Å². The molecule has 20 heavy (non-hydrogen) atoms. The van der Waals surface area contributed by atoms with Crippen LogP contribution in [0.25, 0.3) is 0 Å². The van der Waals surface area contributed by atoms with Crippen molar-refractivity contribution in [3.05, 3.63) is 46.7 Å². The summed E-state index contributed by atoms with van der Waals surface area (Å²) in [6.07, 6.45) is -4.68. The van der Waals surface area contributed by atoms with Gasteiger partial charge in [-0.3, -0.25) is 4.79 Å². The summed E-state index contributed by atoms with van der Waals surface area (Å²) in [7, 11) is 0. The molecule has 0 spiro atoms. The van der Waals surface area contributed by atoms with Crippen LogP contribution in [0.1, 0.15) is 11.3 Å². The van der Waals surface area contributed by atoms with Gasteiger partial charge >= 0.3 is 6.18 Å². The minimum absolute atomic E-state index is 0.140. The first-order chi connectivity index (χ1) is 9.34. The highest BCUT2D eigenvalue weighted by Gasteiger charge is 2.33. The molecule has 1 aromatic carbocycles. The van der Waals surface area contributed by atoms with E-state index in [9.17, 15) is 22.4 Å². The predicted molar refractivity (Wildman–Crippen MR) is 65.8 cm³/mol. The molecule has 8 heteroatoms. The zero-order chi connectivity index (χ0) is 14.8. The molecule has 1 aromatic heterocycles. The van der Waals surface area contributed by atoms with Crippen LogP contribution in [0.3, 0.4) is 0 Å². The summed E-state index contributed by atoms with van der Waals surface area (Å²) < 4.78 is 49.9. The monoisotopic (exact) mass is 304 g/mol. The highest BCUT2D eigenvalue weighted by Crippen LogP contribution is 2.31. The molecule has 0 aliphatic carbocycles. The lowest BCUT2D eigenvalue weighted by Crippen LogP contribution is -2.15. The molecule has 1 amide bonds. The first-order valence-electron chi connectivity index (χ1n) is 5.41. The summed E-state index contributed by atoms with van der Waals surface area (Å²) in [6, 6.07) is 5.41. The van der Waals surface area contributed by atoms with Crippen LogP contribution in [-0.4, -0.2) is 10.9 Å². The second kappa shape index (κ2) is 5.58. The molecule has 0 saturated heterocycles. The van der Waals surface area contributed by atoms with Crippen molar-refractivity contribution in [2.45, 2.75) is 12.6 Å². The summed E-state index contributed by atoms with van der Waals surface area (Å²) in [5.74, 6) is -1.04. The third-order valence-corrected chi connectivity index (χ3v) is 3.05. The summed E-state index contributed by atoms with van der Waals surface area (Å²) in [6.45, 7) is 0. The van der Waals surface area contributed by atoms with Gasteiger partial charge in [-0.05, 0) is 17.7 Å². The summed E-state index contributed by atoms with van der Waals surface area (Å²) in [4.78, 5) is 14.9. The van der Waals surface area contributed by atoms with Gasteiger partial charge in [-0.15, -0.1) is 11.3 Å². The molecular weight excluding hydrogens is 296 g/mol. The smallest absolute Gasteiger partial charge is 0.302 e. The fraction of sp³-hybridized carbons (Fsp3) is 0.167. The Morgan fingerprint density at radius 2 is 2.10 bits per heavy atom. The second-order valence-electron chi connectivity index (χ2n) is 3.89. The number of aromatic nitrogens is 1. The number of carbonyl (C=O) groups excluding carboxylic acids is 1. The highest BCUT2D eigenvalue weighted by molar-refractivity contribution is 7.13. The Balaban J connectivity index is 2.00. The molecule has 106 valence electrons. The number of carbonyl (C=O) groups is 1. The van der Waals surface area contributed by atoms with E-state index in [0.717, 1.165) is 5.38 Å². The molecule has 2 aromatic rings. The van der Waals surface area contributed by atoms with Crippen LogP contribution < -0.4 is 5.32 Å². The number of rotatable bonds is 3. The van der Waals surface area contributed by atoms with Gasteiger partial charge in [0.25, 0.3) is 0 Å². The maximum atomic E-state index is 12.9. The van der Waals surface area contributed by atoms with Crippen LogP contribution in [0.5, 0.6) is 0 Å². The maximum absolute atomic E-state index is 12.9. The Morgan fingerprint density at radius 3 is 2.70 bits per heavy atom. The molecule has 0 fully saturated rings. The van der Waals surface area contributed by atoms with Crippen LogP contribution in [0.2, 0.25) is 0 Å². The molecule has 0 atom stereocenters. The molecule has 0 aliphatic rings. The third kappa shape index (κ3) is 3.77. The van der Waals surface area contributed by atoms with Crippen molar-refractivity contribution in [1.82, 2.24) is 4.98 Å². The van der Waals surface area contributed by atoms with Crippen LogP contribution in [0.15, 0.2) is 29.6 Å². The van der Waals surface area contributed by atoms with E-state index in [1.165, 1.54) is 18.2 Å². The maximum Gasteiger partial charge on any atom is 0.434 e. The number of halogens is 4. The largest absolute Gasteiger partial charge is 0.434 e. The molecule has 0 bridgehead atoms. The lowest BCUT2D eigenvalue weighted by molar-refractivity contribution is -0.140. The number of nitrogens with one attached hydrogen (secondary N) is 1. The lowest BCUT2D eigenvalue weighted by Gasteiger charge is -2.03. The predicted octanol–water partition coefficient (Wildman–Crippen LogP) is 3.48. The number of hydrogen-bond donors (Lipinski definition) is 1. The number of amides is 1. The molecule has 0 radical (unpaired) electrons. The molecule has 0 unspecified atom stereocenters. The van der Waals surface area contributed by atoms with Crippen LogP contribution in [0.4, 0.5) is 22.7 Å². The fourth-order valence-corrected chi connectivity index (χ4v) is 2.19. The lowest BCUT2D eigenvalue weighted by atomic mass is 10.1. The van der Waals surface area contributed by atoms with Gasteiger partial charge in [-0.1, -0.05) is 12.1 Å². The first-order valence-corrected chi connectivity index (χ1v) is 6.29. The zero-order valence-corrected chi connectivity index (χ0v) is 10.7. The quantitative estimate of drug-likeness (QED) is 0.882. The van der Waals surface area contributed by atoms with Gasteiger partial charge in [0.1, 0.15) is 5.82 Å². The van der Waals surface area contributed by atoms with Crippen molar-refractivity contribution in [2.24, 2.45) is 0 Å². The van der Waals surface area contributed by atoms with Gasteiger partial charge in [-0.2, -0.15) is 13.2 Å². The molecule has 1 N–H and O–H groups in total. The molecule has 3 nitrogen and oxygen atoms in total. The SMILES string of the molecule is O=C(Cc1cccc(F)c1)Nc1nc(C(F)(F)F)cs1.